The van der Waals surface area contributed by atoms with Crippen LogP contribution >= 0.6 is 0 Å². The molecule has 0 aliphatic heterocycles. The predicted molar refractivity (Wildman–Crippen MR) is 58.0 cm³/mol. The number of hydrogen-bond donors (Lipinski definition) is 1. The van der Waals surface area contributed by atoms with Crippen LogP contribution in [-0.4, -0.2) is 24.9 Å². The Bertz CT molecular complexity index is 403. The number of benzene rings is 1. The van der Waals surface area contributed by atoms with Crippen LogP contribution in [0.3, 0.4) is 0 Å². The largest absolute Gasteiger partial charge is 0.469 e. The molecule has 1 unspecified atom stereocenters. The molecule has 0 saturated heterocycles. The van der Waals surface area contributed by atoms with Crippen LogP contribution in [0.5, 0.6) is 5.75 Å². The van der Waals surface area contributed by atoms with Crippen LogP contribution in [0.15, 0.2) is 24.3 Å². The minimum atomic E-state index is -4.84. The third kappa shape index (κ3) is 3.83. The van der Waals surface area contributed by atoms with Crippen molar-refractivity contribution >= 4 is 11.7 Å². The molecule has 0 radical (unpaired) electrons. The Kier molecular flexibility index (Phi) is 4.41. The van der Waals surface area contributed by atoms with Crippen LogP contribution in [0, 0.1) is 0 Å². The number of rotatable bonds is 4. The first-order chi connectivity index (χ1) is 8.34. The number of nitrogens with two attached hydrogens (primary N) is 1. The molecule has 0 aliphatic carbocycles. The molecule has 0 fully saturated rings. The quantitative estimate of drug-likeness (QED) is 0.667. The summed E-state index contributed by atoms with van der Waals surface area (Å²) in [4.78, 5) is 11.2. The van der Waals surface area contributed by atoms with Crippen LogP contribution in [0.4, 0.5) is 18.9 Å². The molecule has 1 atom stereocenters. The Morgan fingerprint density at radius 1 is 1.33 bits per heavy atom. The summed E-state index contributed by atoms with van der Waals surface area (Å²) >= 11 is 0. The van der Waals surface area contributed by atoms with E-state index >= 15 is 0 Å². The van der Waals surface area contributed by atoms with Crippen LogP contribution < -0.4 is 10.5 Å². The summed E-state index contributed by atoms with van der Waals surface area (Å²) in [7, 11) is 0. The summed E-state index contributed by atoms with van der Waals surface area (Å²) in [6.45, 7) is 1.26. The Balaban J connectivity index is 2.85. The molecule has 0 heterocycles. The Labute approximate surface area is 101 Å². The number of esters is 1. The monoisotopic (exact) mass is 263 g/mol. The van der Waals surface area contributed by atoms with Crippen molar-refractivity contribution in [2.45, 2.75) is 19.2 Å². The van der Waals surface area contributed by atoms with E-state index in [4.69, 9.17) is 5.73 Å². The smallest absolute Gasteiger partial charge is 0.436 e. The van der Waals surface area contributed by atoms with E-state index in [1.165, 1.54) is 31.2 Å². The fourth-order valence-corrected chi connectivity index (χ4v) is 1.15. The molecule has 0 aromatic heterocycles. The highest BCUT2D eigenvalue weighted by molar-refractivity contribution is 5.76. The van der Waals surface area contributed by atoms with Crippen molar-refractivity contribution in [3.05, 3.63) is 24.3 Å². The van der Waals surface area contributed by atoms with Gasteiger partial charge in [-0.25, -0.2) is 4.79 Å². The summed E-state index contributed by atoms with van der Waals surface area (Å²) in [5.41, 5.74) is 5.76. The molecule has 2 N–H and O–H groups in total. The van der Waals surface area contributed by atoms with Crippen molar-refractivity contribution in [2.24, 2.45) is 0 Å². The fourth-order valence-electron chi connectivity index (χ4n) is 1.15. The van der Waals surface area contributed by atoms with Crippen LogP contribution in [-0.2, 0) is 9.53 Å². The van der Waals surface area contributed by atoms with Gasteiger partial charge in [-0.3, -0.25) is 0 Å². The van der Waals surface area contributed by atoms with E-state index in [2.05, 4.69) is 9.47 Å². The standard InChI is InChI=1S/C11H12F3NO3/c1-2-17-10(16)9(11(12,13)14)18-8-5-3-7(15)4-6-8/h3-6,9H,2,15H2,1H3. The first-order valence-electron chi connectivity index (χ1n) is 5.10. The van der Waals surface area contributed by atoms with Crippen molar-refractivity contribution in [2.75, 3.05) is 12.3 Å². The van der Waals surface area contributed by atoms with Gasteiger partial charge in [0.05, 0.1) is 6.61 Å². The van der Waals surface area contributed by atoms with Crippen molar-refractivity contribution in [1.29, 1.82) is 0 Å². The normalized spacial score (nSPS) is 12.9. The maximum Gasteiger partial charge on any atom is 0.436 e. The summed E-state index contributed by atoms with van der Waals surface area (Å²) in [6, 6.07) is 5.22. The fraction of sp³-hybridized carbons (Fsp3) is 0.364. The van der Waals surface area contributed by atoms with Crippen LogP contribution in [0.25, 0.3) is 0 Å². The van der Waals surface area contributed by atoms with E-state index in [9.17, 15) is 18.0 Å². The van der Waals surface area contributed by atoms with Gasteiger partial charge in [-0.05, 0) is 31.2 Å². The molecule has 0 saturated carbocycles. The minimum absolute atomic E-state index is 0.112. The summed E-state index contributed by atoms with van der Waals surface area (Å²) < 4.78 is 46.7. The van der Waals surface area contributed by atoms with Crippen LogP contribution in [0.2, 0.25) is 0 Å². The van der Waals surface area contributed by atoms with Gasteiger partial charge in [0.25, 0.3) is 6.10 Å². The number of anilines is 1. The number of ether oxygens (including phenoxy) is 2. The molecule has 100 valence electrons. The molecule has 1 aromatic carbocycles. The Hall–Kier alpha value is -1.92. The van der Waals surface area contributed by atoms with E-state index in [1.807, 2.05) is 0 Å². The van der Waals surface area contributed by atoms with Gasteiger partial charge in [0.2, 0.25) is 0 Å². The molecule has 1 aromatic rings. The Morgan fingerprint density at radius 3 is 2.33 bits per heavy atom. The SMILES string of the molecule is CCOC(=O)C(Oc1ccc(N)cc1)C(F)(F)F. The van der Waals surface area contributed by atoms with Crippen molar-refractivity contribution < 1.29 is 27.4 Å². The summed E-state index contributed by atoms with van der Waals surface area (Å²) in [6.07, 6.45) is -7.48. The number of hydrogen-bond acceptors (Lipinski definition) is 4. The number of carbonyl (C=O) groups is 1. The highest BCUT2D eigenvalue weighted by Crippen LogP contribution is 2.26. The molecule has 0 bridgehead atoms. The van der Waals surface area contributed by atoms with Gasteiger partial charge in [0.15, 0.2) is 0 Å². The average Bonchev–Trinajstić information content (AvgIpc) is 2.26. The summed E-state index contributed by atoms with van der Waals surface area (Å²) in [5, 5.41) is 0. The molecule has 0 aliphatic rings. The molecular weight excluding hydrogens is 251 g/mol. The van der Waals surface area contributed by atoms with Gasteiger partial charge in [-0.1, -0.05) is 0 Å². The molecule has 0 spiro atoms. The minimum Gasteiger partial charge on any atom is -0.469 e. The van der Waals surface area contributed by atoms with E-state index in [1.54, 1.807) is 0 Å². The first-order valence-corrected chi connectivity index (χ1v) is 5.10. The van der Waals surface area contributed by atoms with Crippen molar-refractivity contribution in [1.82, 2.24) is 0 Å². The molecule has 4 nitrogen and oxygen atoms in total. The first kappa shape index (κ1) is 14.1. The maximum absolute atomic E-state index is 12.6. The lowest BCUT2D eigenvalue weighted by Gasteiger charge is -2.20. The van der Waals surface area contributed by atoms with Crippen LogP contribution in [0.1, 0.15) is 6.92 Å². The van der Waals surface area contributed by atoms with Gasteiger partial charge in [-0.2, -0.15) is 13.2 Å². The molecule has 0 amide bonds. The highest BCUT2D eigenvalue weighted by atomic mass is 19.4. The molecule has 18 heavy (non-hydrogen) atoms. The van der Waals surface area contributed by atoms with E-state index in [-0.39, 0.29) is 12.4 Å². The topological polar surface area (TPSA) is 61.5 Å². The van der Waals surface area contributed by atoms with Gasteiger partial charge < -0.3 is 15.2 Å². The van der Waals surface area contributed by atoms with E-state index < -0.39 is 18.2 Å². The third-order valence-electron chi connectivity index (χ3n) is 1.93. The van der Waals surface area contributed by atoms with Gasteiger partial charge in [0, 0.05) is 5.69 Å². The average molecular weight is 263 g/mol. The number of halogens is 3. The van der Waals surface area contributed by atoms with Gasteiger partial charge >= 0.3 is 12.1 Å². The number of carbonyl (C=O) groups excluding carboxylic acids is 1. The zero-order valence-corrected chi connectivity index (χ0v) is 9.53. The predicted octanol–water partition coefficient (Wildman–Crippen LogP) is 2.14. The Morgan fingerprint density at radius 2 is 1.89 bits per heavy atom. The van der Waals surface area contributed by atoms with E-state index in [0.717, 1.165) is 0 Å². The maximum atomic E-state index is 12.6. The van der Waals surface area contributed by atoms with Crippen molar-refractivity contribution in [3.63, 3.8) is 0 Å². The molecule has 1 rings (SSSR count). The lowest BCUT2D eigenvalue weighted by Crippen LogP contribution is -2.42. The highest BCUT2D eigenvalue weighted by Gasteiger charge is 2.48. The molecular formula is C11H12F3NO3. The van der Waals surface area contributed by atoms with Crippen molar-refractivity contribution in [3.8, 4) is 5.75 Å². The lowest BCUT2D eigenvalue weighted by atomic mass is 10.3. The third-order valence-corrected chi connectivity index (χ3v) is 1.93. The van der Waals surface area contributed by atoms with Gasteiger partial charge in [-0.15, -0.1) is 0 Å². The van der Waals surface area contributed by atoms with Gasteiger partial charge in [0.1, 0.15) is 5.75 Å². The van der Waals surface area contributed by atoms with E-state index in [0.29, 0.717) is 5.69 Å². The second kappa shape index (κ2) is 5.61. The number of nitrogen functional groups attached to an aromatic ring is 1. The summed E-state index contributed by atoms with van der Waals surface area (Å²) in [5.74, 6) is -1.58. The number of alkyl halides is 3. The second-order valence-corrected chi connectivity index (χ2v) is 3.36. The zero-order valence-electron chi connectivity index (χ0n) is 9.53. The molecule has 7 heteroatoms. The second-order valence-electron chi connectivity index (χ2n) is 3.36. The lowest BCUT2D eigenvalue weighted by molar-refractivity contribution is -0.211. The zero-order chi connectivity index (χ0) is 13.8.